The zero-order valence-electron chi connectivity index (χ0n) is 10.1. The molecule has 1 aromatic carbocycles. The maximum Gasteiger partial charge on any atom is 0.573 e. The van der Waals surface area contributed by atoms with Gasteiger partial charge >= 0.3 is 6.36 Å². The van der Waals surface area contributed by atoms with Gasteiger partial charge in [0.25, 0.3) is 0 Å². The highest BCUT2D eigenvalue weighted by Gasteiger charge is 2.30. The van der Waals surface area contributed by atoms with Crippen molar-refractivity contribution >= 4 is 23.4 Å². The molecule has 1 aromatic heterocycles. The van der Waals surface area contributed by atoms with Crippen LogP contribution in [0.3, 0.4) is 0 Å². The predicted molar refractivity (Wildman–Crippen MR) is 70.7 cm³/mol. The van der Waals surface area contributed by atoms with E-state index in [4.69, 9.17) is 5.26 Å². The van der Waals surface area contributed by atoms with Gasteiger partial charge < -0.3 is 4.74 Å². The molecule has 1 N–H and O–H groups in total. The van der Waals surface area contributed by atoms with Gasteiger partial charge in [-0.25, -0.2) is 5.26 Å². The SMILES string of the molecule is Cc1sc(SOO)cc1-c1ccc(OC(F)(F)F)cc1. The molecule has 0 fully saturated rings. The molecule has 0 saturated heterocycles. The zero-order valence-corrected chi connectivity index (χ0v) is 11.7. The molecule has 108 valence electrons. The van der Waals surface area contributed by atoms with Crippen molar-refractivity contribution in [1.29, 1.82) is 0 Å². The molecule has 2 rings (SSSR count). The zero-order chi connectivity index (χ0) is 14.8. The van der Waals surface area contributed by atoms with Gasteiger partial charge in [0.15, 0.2) is 0 Å². The molecule has 0 aliphatic rings. The maximum absolute atomic E-state index is 12.1. The third kappa shape index (κ3) is 3.89. The fraction of sp³-hybridized carbons (Fsp3) is 0.167. The van der Waals surface area contributed by atoms with E-state index in [2.05, 4.69) is 9.07 Å². The monoisotopic (exact) mass is 322 g/mol. The largest absolute Gasteiger partial charge is 0.573 e. The van der Waals surface area contributed by atoms with E-state index in [9.17, 15) is 13.2 Å². The second kappa shape index (κ2) is 6.04. The minimum absolute atomic E-state index is 0.262. The number of hydrogen-bond donors (Lipinski definition) is 1. The Bertz CT molecular complexity index is 579. The molecule has 0 radical (unpaired) electrons. The molecule has 20 heavy (non-hydrogen) atoms. The number of halogens is 3. The van der Waals surface area contributed by atoms with Crippen LogP contribution in [0, 0.1) is 6.92 Å². The summed E-state index contributed by atoms with van der Waals surface area (Å²) < 4.78 is 44.7. The highest BCUT2D eigenvalue weighted by atomic mass is 32.2. The lowest BCUT2D eigenvalue weighted by Gasteiger charge is -2.09. The Morgan fingerprint density at radius 2 is 1.85 bits per heavy atom. The van der Waals surface area contributed by atoms with Gasteiger partial charge in [-0.1, -0.05) is 12.1 Å². The Kier molecular flexibility index (Phi) is 4.59. The van der Waals surface area contributed by atoms with Crippen LogP contribution in [0.5, 0.6) is 5.75 Å². The Morgan fingerprint density at radius 1 is 1.20 bits per heavy atom. The van der Waals surface area contributed by atoms with Crippen molar-refractivity contribution in [3.8, 4) is 16.9 Å². The average molecular weight is 322 g/mol. The first-order chi connectivity index (χ1) is 9.39. The second-order valence-electron chi connectivity index (χ2n) is 3.77. The first kappa shape index (κ1) is 15.2. The summed E-state index contributed by atoms with van der Waals surface area (Å²) in [6, 6.07) is 7.40. The van der Waals surface area contributed by atoms with Crippen LogP contribution in [0.25, 0.3) is 11.1 Å². The molecule has 8 heteroatoms. The lowest BCUT2D eigenvalue weighted by Crippen LogP contribution is -2.16. The van der Waals surface area contributed by atoms with Crippen LogP contribution in [0.4, 0.5) is 13.2 Å². The smallest absolute Gasteiger partial charge is 0.406 e. The van der Waals surface area contributed by atoms with Crippen LogP contribution in [-0.4, -0.2) is 11.6 Å². The summed E-state index contributed by atoms with van der Waals surface area (Å²) in [6.07, 6.45) is -4.69. The molecule has 0 saturated carbocycles. The third-order valence-electron chi connectivity index (χ3n) is 2.41. The Balaban J connectivity index is 2.21. The molecule has 0 aliphatic carbocycles. The van der Waals surface area contributed by atoms with Crippen molar-refractivity contribution in [2.24, 2.45) is 0 Å². The van der Waals surface area contributed by atoms with E-state index in [-0.39, 0.29) is 5.75 Å². The van der Waals surface area contributed by atoms with Gasteiger partial charge in [0.2, 0.25) is 0 Å². The summed E-state index contributed by atoms with van der Waals surface area (Å²) >= 11 is 2.23. The van der Waals surface area contributed by atoms with E-state index >= 15 is 0 Å². The van der Waals surface area contributed by atoms with E-state index in [0.717, 1.165) is 32.3 Å². The molecule has 0 unspecified atom stereocenters. The molecule has 1 heterocycles. The summed E-state index contributed by atoms with van der Waals surface area (Å²) in [7, 11) is 0. The molecule has 0 spiro atoms. The summed E-state index contributed by atoms with van der Waals surface area (Å²) in [4.78, 5) is 0.967. The summed E-state index contributed by atoms with van der Waals surface area (Å²) in [5, 5.41) is 8.38. The van der Waals surface area contributed by atoms with Crippen molar-refractivity contribution in [3.05, 3.63) is 35.2 Å². The van der Waals surface area contributed by atoms with Crippen molar-refractivity contribution < 1.29 is 27.5 Å². The maximum atomic E-state index is 12.1. The topological polar surface area (TPSA) is 38.7 Å². The van der Waals surface area contributed by atoms with Gasteiger partial charge in [-0.2, -0.15) is 4.33 Å². The first-order valence-electron chi connectivity index (χ1n) is 5.34. The number of benzene rings is 1. The fourth-order valence-electron chi connectivity index (χ4n) is 1.66. The van der Waals surface area contributed by atoms with Gasteiger partial charge in [-0.05, 0) is 36.2 Å². The number of aryl methyl sites for hydroxylation is 1. The Labute approximate surface area is 121 Å². The summed E-state index contributed by atoms with van der Waals surface area (Å²) in [5.74, 6) is -0.262. The Morgan fingerprint density at radius 3 is 2.40 bits per heavy atom. The summed E-state index contributed by atoms with van der Waals surface area (Å²) in [5.41, 5.74) is 1.63. The van der Waals surface area contributed by atoms with E-state index in [1.807, 2.05) is 6.92 Å². The van der Waals surface area contributed by atoms with Crippen molar-refractivity contribution in [3.63, 3.8) is 0 Å². The molecule has 0 atom stereocenters. The quantitative estimate of drug-likeness (QED) is 0.482. The minimum atomic E-state index is -4.69. The van der Waals surface area contributed by atoms with Crippen LogP contribution < -0.4 is 4.74 Å². The number of ether oxygens (including phenoxy) is 1. The molecule has 0 aliphatic heterocycles. The molecule has 2 aromatic rings. The highest BCUT2D eigenvalue weighted by molar-refractivity contribution is 7.96. The van der Waals surface area contributed by atoms with Crippen molar-refractivity contribution in [2.45, 2.75) is 17.5 Å². The number of rotatable bonds is 4. The number of hydrogen-bond acceptors (Lipinski definition) is 5. The lowest BCUT2D eigenvalue weighted by atomic mass is 10.1. The third-order valence-corrected chi connectivity index (χ3v) is 4.07. The van der Waals surface area contributed by atoms with E-state index in [1.165, 1.54) is 23.5 Å². The van der Waals surface area contributed by atoms with Gasteiger partial charge in [-0.3, -0.25) is 0 Å². The van der Waals surface area contributed by atoms with Crippen LogP contribution in [-0.2, 0) is 4.33 Å². The molecule has 0 bridgehead atoms. The van der Waals surface area contributed by atoms with Crippen molar-refractivity contribution in [2.75, 3.05) is 0 Å². The van der Waals surface area contributed by atoms with E-state index in [1.54, 1.807) is 18.2 Å². The standard InChI is InChI=1S/C12H9F3O3S2/c1-7-10(6-11(19-7)20-18-16)8-2-4-9(5-3-8)17-12(13,14)15/h2-6,16H,1H3. The van der Waals surface area contributed by atoms with E-state index < -0.39 is 6.36 Å². The van der Waals surface area contributed by atoms with E-state index in [0.29, 0.717) is 0 Å². The lowest BCUT2D eigenvalue weighted by molar-refractivity contribution is -0.274. The van der Waals surface area contributed by atoms with Gasteiger partial charge in [0, 0.05) is 4.88 Å². The number of thiophene rings is 1. The summed E-state index contributed by atoms with van der Waals surface area (Å²) in [6.45, 7) is 1.88. The normalized spacial score (nSPS) is 11.7. The van der Waals surface area contributed by atoms with Gasteiger partial charge in [-0.15, -0.1) is 24.5 Å². The predicted octanol–water partition coefficient (Wildman–Crippen LogP) is 5.12. The first-order valence-corrected chi connectivity index (χ1v) is 6.89. The molecule has 0 amide bonds. The van der Waals surface area contributed by atoms with Crippen LogP contribution in [0.15, 0.2) is 34.5 Å². The van der Waals surface area contributed by atoms with Crippen LogP contribution in [0.1, 0.15) is 4.88 Å². The highest BCUT2D eigenvalue weighted by Crippen LogP contribution is 2.37. The molecular weight excluding hydrogens is 313 g/mol. The second-order valence-corrected chi connectivity index (χ2v) is 6.04. The van der Waals surface area contributed by atoms with Crippen molar-refractivity contribution in [1.82, 2.24) is 0 Å². The molecular formula is C12H9F3O3S2. The fourth-order valence-corrected chi connectivity index (χ4v) is 3.26. The van der Waals surface area contributed by atoms with Crippen LogP contribution >= 0.6 is 23.4 Å². The molecule has 3 nitrogen and oxygen atoms in total. The van der Waals surface area contributed by atoms with Gasteiger partial charge in [0.05, 0.1) is 16.3 Å². The minimum Gasteiger partial charge on any atom is -0.406 e. The van der Waals surface area contributed by atoms with Crippen LogP contribution in [0.2, 0.25) is 0 Å². The average Bonchev–Trinajstić information content (AvgIpc) is 2.70. The number of alkyl halides is 3. The Hall–Kier alpha value is -1.22. The van der Waals surface area contributed by atoms with Gasteiger partial charge in [0.1, 0.15) is 5.75 Å².